The molecule has 1 N–H and O–H groups in total. The quantitative estimate of drug-likeness (QED) is 0.827. The Balaban J connectivity index is 2.12. The van der Waals surface area contributed by atoms with E-state index in [0.717, 1.165) is 24.4 Å². The van der Waals surface area contributed by atoms with Gasteiger partial charge in [-0.1, -0.05) is 6.07 Å². The Morgan fingerprint density at radius 2 is 2.06 bits per heavy atom. The molecule has 0 aliphatic heterocycles. The van der Waals surface area contributed by atoms with Gasteiger partial charge in [-0.25, -0.2) is 0 Å². The molecule has 0 spiro atoms. The molecule has 0 radical (unpaired) electrons. The molecule has 2 nitrogen and oxygen atoms in total. The number of rotatable bonds is 4. The Hall–Kier alpha value is -0.360. The van der Waals surface area contributed by atoms with Crippen molar-refractivity contribution in [1.29, 1.82) is 0 Å². The summed E-state index contributed by atoms with van der Waals surface area (Å²) in [5.41, 5.74) is 1.07. The maximum atomic E-state index is 10.1. The summed E-state index contributed by atoms with van der Waals surface area (Å²) in [7, 11) is 1.64. The fraction of sp³-hybridized carbons (Fsp3) is 0.231. The highest BCUT2D eigenvalue weighted by molar-refractivity contribution is 9.11. The van der Waals surface area contributed by atoms with Gasteiger partial charge in [-0.05, 0) is 61.7 Å². The third-order valence-electron chi connectivity index (χ3n) is 2.57. The summed E-state index contributed by atoms with van der Waals surface area (Å²) < 4.78 is 7.12. The van der Waals surface area contributed by atoms with Crippen LogP contribution in [0.15, 0.2) is 38.6 Å². The predicted octanol–water partition coefficient (Wildman–Crippen LogP) is 4.56. The molecule has 1 atom stereocenters. The lowest BCUT2D eigenvalue weighted by atomic mass is 10.1. The van der Waals surface area contributed by atoms with Crippen molar-refractivity contribution in [3.63, 3.8) is 0 Å². The highest BCUT2D eigenvalue weighted by Gasteiger charge is 2.12. The number of aliphatic hydroxyl groups excluding tert-OH is 1. The number of hydrogen-bond acceptors (Lipinski definition) is 3. The number of hydrogen-bond donors (Lipinski definition) is 1. The van der Waals surface area contributed by atoms with Crippen LogP contribution in [-0.4, -0.2) is 12.2 Å². The summed E-state index contributed by atoms with van der Waals surface area (Å²) in [6, 6.07) is 9.74. The van der Waals surface area contributed by atoms with E-state index in [0.29, 0.717) is 6.42 Å². The molecule has 5 heteroatoms. The van der Waals surface area contributed by atoms with Crippen molar-refractivity contribution in [3.05, 3.63) is 49.0 Å². The van der Waals surface area contributed by atoms with E-state index in [2.05, 4.69) is 31.9 Å². The molecule has 1 aromatic carbocycles. The number of thiophene rings is 1. The van der Waals surface area contributed by atoms with Gasteiger partial charge in [0.2, 0.25) is 0 Å². The number of benzene rings is 1. The molecule has 0 saturated carbocycles. The third kappa shape index (κ3) is 3.35. The average molecular weight is 392 g/mol. The molecule has 0 aliphatic rings. The van der Waals surface area contributed by atoms with Crippen molar-refractivity contribution in [2.45, 2.75) is 12.5 Å². The number of methoxy groups -OCH3 is 1. The van der Waals surface area contributed by atoms with E-state index < -0.39 is 6.10 Å². The topological polar surface area (TPSA) is 29.5 Å². The smallest absolute Gasteiger partial charge is 0.133 e. The third-order valence-corrected chi connectivity index (χ3v) is 4.91. The van der Waals surface area contributed by atoms with Crippen molar-refractivity contribution in [1.82, 2.24) is 0 Å². The molecule has 96 valence electrons. The summed E-state index contributed by atoms with van der Waals surface area (Å²) in [4.78, 5) is 0.966. The summed E-state index contributed by atoms with van der Waals surface area (Å²) in [5, 5.41) is 10.1. The highest BCUT2D eigenvalue weighted by atomic mass is 79.9. The van der Waals surface area contributed by atoms with E-state index in [9.17, 15) is 5.11 Å². The molecular formula is C13H12Br2O2S. The minimum Gasteiger partial charge on any atom is -0.496 e. The van der Waals surface area contributed by atoms with Crippen LogP contribution in [0.25, 0.3) is 0 Å². The summed E-state index contributed by atoms with van der Waals surface area (Å²) in [5.74, 6) is 0.798. The van der Waals surface area contributed by atoms with Crippen molar-refractivity contribution in [2.24, 2.45) is 0 Å². The first kappa shape index (κ1) is 14.1. The maximum Gasteiger partial charge on any atom is 0.133 e. The van der Waals surface area contributed by atoms with Crippen molar-refractivity contribution >= 4 is 43.2 Å². The van der Waals surface area contributed by atoms with E-state index in [-0.39, 0.29) is 0 Å². The zero-order valence-corrected chi connectivity index (χ0v) is 13.7. The first-order chi connectivity index (χ1) is 8.60. The van der Waals surface area contributed by atoms with E-state index in [1.165, 1.54) is 0 Å². The van der Waals surface area contributed by atoms with Crippen molar-refractivity contribution in [3.8, 4) is 5.75 Å². The largest absolute Gasteiger partial charge is 0.496 e. The Kier molecular flexibility index (Phi) is 4.84. The highest BCUT2D eigenvalue weighted by Crippen LogP contribution is 2.31. The minimum atomic E-state index is -0.471. The van der Waals surface area contributed by atoms with Crippen LogP contribution in [0.3, 0.4) is 0 Å². The molecule has 2 aromatic rings. The Labute approximate surface area is 127 Å². The second-order valence-electron chi connectivity index (χ2n) is 3.83. The lowest BCUT2D eigenvalue weighted by molar-refractivity contribution is 0.182. The van der Waals surface area contributed by atoms with E-state index in [1.807, 2.05) is 30.3 Å². The van der Waals surface area contributed by atoms with Crippen LogP contribution < -0.4 is 4.74 Å². The van der Waals surface area contributed by atoms with E-state index in [4.69, 9.17) is 4.74 Å². The normalized spacial score (nSPS) is 12.4. The van der Waals surface area contributed by atoms with E-state index in [1.54, 1.807) is 18.4 Å². The van der Waals surface area contributed by atoms with Gasteiger partial charge in [-0.3, -0.25) is 0 Å². The van der Waals surface area contributed by atoms with Gasteiger partial charge in [-0.15, -0.1) is 11.3 Å². The Bertz CT molecular complexity index is 540. The van der Waals surface area contributed by atoms with Crippen LogP contribution in [-0.2, 0) is 6.42 Å². The van der Waals surface area contributed by atoms with Crippen LogP contribution in [0.2, 0.25) is 0 Å². The minimum absolute atomic E-state index is 0.471. The number of halogens is 2. The number of ether oxygens (including phenoxy) is 1. The van der Waals surface area contributed by atoms with Gasteiger partial charge >= 0.3 is 0 Å². The monoisotopic (exact) mass is 390 g/mol. The molecule has 1 unspecified atom stereocenters. The van der Waals surface area contributed by atoms with Crippen LogP contribution in [0.5, 0.6) is 5.75 Å². The van der Waals surface area contributed by atoms with Crippen molar-refractivity contribution < 1.29 is 9.84 Å². The Morgan fingerprint density at radius 1 is 1.28 bits per heavy atom. The predicted molar refractivity (Wildman–Crippen MR) is 81.4 cm³/mol. The molecular weight excluding hydrogens is 380 g/mol. The molecule has 2 rings (SSSR count). The second-order valence-corrected chi connectivity index (χ2v) is 7.18. The second kappa shape index (κ2) is 6.19. The van der Waals surface area contributed by atoms with Gasteiger partial charge in [0, 0.05) is 11.3 Å². The summed E-state index contributed by atoms with van der Waals surface area (Å²) in [6.07, 6.45) is 0.122. The van der Waals surface area contributed by atoms with Gasteiger partial charge in [-0.2, -0.15) is 0 Å². The van der Waals surface area contributed by atoms with Gasteiger partial charge in [0.1, 0.15) is 5.75 Å². The standard InChI is InChI=1S/C13H12Br2O2S/c1-17-11-3-2-8(6-9(11)14)7-10(16)12-4-5-13(15)18-12/h2-6,10,16H,7H2,1H3. The average Bonchev–Trinajstić information content (AvgIpc) is 2.76. The lowest BCUT2D eigenvalue weighted by Gasteiger charge is -2.10. The van der Waals surface area contributed by atoms with Crippen LogP contribution in [0.4, 0.5) is 0 Å². The molecule has 0 saturated heterocycles. The maximum absolute atomic E-state index is 10.1. The van der Waals surface area contributed by atoms with Crippen molar-refractivity contribution in [2.75, 3.05) is 7.11 Å². The lowest BCUT2D eigenvalue weighted by Crippen LogP contribution is -1.99. The van der Waals surface area contributed by atoms with E-state index >= 15 is 0 Å². The molecule has 0 amide bonds. The Morgan fingerprint density at radius 3 is 2.61 bits per heavy atom. The molecule has 1 heterocycles. The molecule has 18 heavy (non-hydrogen) atoms. The summed E-state index contributed by atoms with van der Waals surface area (Å²) in [6.45, 7) is 0. The van der Waals surface area contributed by atoms with Gasteiger partial charge in [0.25, 0.3) is 0 Å². The molecule has 0 bridgehead atoms. The summed E-state index contributed by atoms with van der Waals surface area (Å²) >= 11 is 8.40. The van der Waals surface area contributed by atoms with Gasteiger partial charge < -0.3 is 9.84 Å². The first-order valence-electron chi connectivity index (χ1n) is 5.36. The van der Waals surface area contributed by atoms with Gasteiger partial charge in [0.15, 0.2) is 0 Å². The first-order valence-corrected chi connectivity index (χ1v) is 7.76. The van der Waals surface area contributed by atoms with Crippen LogP contribution >= 0.6 is 43.2 Å². The van der Waals surface area contributed by atoms with Crippen LogP contribution in [0, 0.1) is 0 Å². The molecule has 0 aliphatic carbocycles. The number of aliphatic hydroxyl groups is 1. The fourth-order valence-electron chi connectivity index (χ4n) is 1.67. The van der Waals surface area contributed by atoms with Crippen LogP contribution in [0.1, 0.15) is 16.5 Å². The molecule has 0 fully saturated rings. The van der Waals surface area contributed by atoms with Gasteiger partial charge in [0.05, 0.1) is 21.5 Å². The fourth-order valence-corrected chi connectivity index (χ4v) is 3.67. The SMILES string of the molecule is COc1ccc(CC(O)c2ccc(Br)s2)cc1Br. The zero-order valence-electron chi connectivity index (χ0n) is 9.69. The molecule has 1 aromatic heterocycles. The zero-order chi connectivity index (χ0) is 13.1.